The molecule has 0 amide bonds. The van der Waals surface area contributed by atoms with Crippen LogP contribution >= 0.6 is 23.2 Å². The highest BCUT2D eigenvalue weighted by Gasteiger charge is 1.98. The molecule has 0 bridgehead atoms. The Morgan fingerprint density at radius 1 is 0.840 bits per heavy atom. The standard InChI is InChI=1S/C22H15Cl2N/c23-15-1-2-17-3-5-18(6-4-17)7-13-22-14-10-20(16-25-22)19-8-11-21(24)12-9-19/h1-6,8-12,14,16H,15H2. The Morgan fingerprint density at radius 3 is 2.20 bits per heavy atom. The molecule has 0 saturated heterocycles. The molecular weight excluding hydrogens is 349 g/mol. The summed E-state index contributed by atoms with van der Waals surface area (Å²) < 4.78 is 0. The van der Waals surface area contributed by atoms with Gasteiger partial charge in [0.1, 0.15) is 5.69 Å². The first kappa shape index (κ1) is 17.3. The fourth-order valence-electron chi connectivity index (χ4n) is 2.28. The van der Waals surface area contributed by atoms with Crippen LogP contribution in [0.2, 0.25) is 5.02 Å². The minimum Gasteiger partial charge on any atom is -0.247 e. The molecule has 0 aliphatic carbocycles. The molecule has 3 aromatic rings. The third kappa shape index (κ3) is 4.97. The number of allylic oxidation sites excluding steroid dienone is 1. The molecule has 0 aliphatic rings. The first-order valence-electron chi connectivity index (χ1n) is 7.81. The summed E-state index contributed by atoms with van der Waals surface area (Å²) in [7, 11) is 0. The highest BCUT2D eigenvalue weighted by Crippen LogP contribution is 2.20. The largest absolute Gasteiger partial charge is 0.247 e. The molecule has 2 aromatic carbocycles. The van der Waals surface area contributed by atoms with E-state index in [0.717, 1.165) is 33.0 Å². The highest BCUT2D eigenvalue weighted by molar-refractivity contribution is 6.30. The molecule has 1 nitrogen and oxygen atoms in total. The third-order valence-electron chi connectivity index (χ3n) is 3.59. The van der Waals surface area contributed by atoms with Crippen LogP contribution in [0.5, 0.6) is 0 Å². The summed E-state index contributed by atoms with van der Waals surface area (Å²) in [6.07, 6.45) is 5.73. The van der Waals surface area contributed by atoms with Gasteiger partial charge in [-0.15, -0.1) is 11.6 Å². The second-order valence-corrected chi connectivity index (χ2v) is 6.11. The zero-order valence-electron chi connectivity index (χ0n) is 13.4. The summed E-state index contributed by atoms with van der Waals surface area (Å²) in [6.45, 7) is 0. The van der Waals surface area contributed by atoms with Crippen molar-refractivity contribution in [2.75, 3.05) is 5.88 Å². The van der Waals surface area contributed by atoms with Gasteiger partial charge in [0.2, 0.25) is 0 Å². The maximum absolute atomic E-state index is 5.92. The van der Waals surface area contributed by atoms with E-state index >= 15 is 0 Å². The summed E-state index contributed by atoms with van der Waals surface area (Å²) in [5.74, 6) is 6.73. The van der Waals surface area contributed by atoms with Gasteiger partial charge in [-0.1, -0.05) is 60.0 Å². The number of nitrogens with zero attached hydrogens (tertiary/aromatic N) is 1. The Balaban J connectivity index is 1.72. The minimum atomic E-state index is 0.513. The maximum Gasteiger partial charge on any atom is 0.113 e. The lowest BCUT2D eigenvalue weighted by Gasteiger charge is -2.01. The molecule has 1 aromatic heterocycles. The van der Waals surface area contributed by atoms with E-state index in [9.17, 15) is 0 Å². The summed E-state index contributed by atoms with van der Waals surface area (Å²) in [5.41, 5.74) is 4.92. The molecule has 0 saturated carbocycles. The second-order valence-electron chi connectivity index (χ2n) is 5.37. The van der Waals surface area contributed by atoms with E-state index < -0.39 is 0 Å². The van der Waals surface area contributed by atoms with Crippen LogP contribution in [-0.2, 0) is 0 Å². The lowest BCUT2D eigenvalue weighted by atomic mass is 10.1. The average Bonchev–Trinajstić information content (AvgIpc) is 2.67. The number of hydrogen-bond acceptors (Lipinski definition) is 1. The topological polar surface area (TPSA) is 12.9 Å². The van der Waals surface area contributed by atoms with E-state index in [4.69, 9.17) is 23.2 Å². The SMILES string of the molecule is ClCC=Cc1ccc(C#Cc2ccc(-c3ccc(Cl)cc3)cn2)cc1. The van der Waals surface area contributed by atoms with E-state index in [1.54, 1.807) is 0 Å². The number of alkyl halides is 1. The zero-order valence-corrected chi connectivity index (χ0v) is 14.9. The van der Waals surface area contributed by atoms with Crippen LogP contribution in [0.4, 0.5) is 0 Å². The summed E-state index contributed by atoms with van der Waals surface area (Å²) in [4.78, 5) is 4.42. The molecule has 0 radical (unpaired) electrons. The predicted molar refractivity (Wildman–Crippen MR) is 107 cm³/mol. The highest BCUT2D eigenvalue weighted by atomic mass is 35.5. The van der Waals surface area contributed by atoms with Crippen molar-refractivity contribution < 1.29 is 0 Å². The maximum atomic E-state index is 5.92. The van der Waals surface area contributed by atoms with Crippen LogP contribution in [0, 0.1) is 11.8 Å². The third-order valence-corrected chi connectivity index (χ3v) is 4.02. The van der Waals surface area contributed by atoms with Gasteiger partial charge in [0.25, 0.3) is 0 Å². The van der Waals surface area contributed by atoms with E-state index in [1.807, 2.05) is 79.0 Å². The molecular formula is C22H15Cl2N. The van der Waals surface area contributed by atoms with Crippen LogP contribution in [0.15, 0.2) is 72.9 Å². The van der Waals surface area contributed by atoms with Gasteiger partial charge in [-0.05, 0) is 47.4 Å². The number of aromatic nitrogens is 1. The van der Waals surface area contributed by atoms with Crippen molar-refractivity contribution in [1.82, 2.24) is 4.98 Å². The van der Waals surface area contributed by atoms with E-state index in [2.05, 4.69) is 16.8 Å². The van der Waals surface area contributed by atoms with Crippen LogP contribution in [-0.4, -0.2) is 10.9 Å². The minimum absolute atomic E-state index is 0.513. The van der Waals surface area contributed by atoms with Gasteiger partial charge in [-0.2, -0.15) is 0 Å². The van der Waals surface area contributed by atoms with E-state index in [1.165, 1.54) is 0 Å². The second kappa shape index (κ2) is 8.53. The zero-order chi connectivity index (χ0) is 17.5. The Morgan fingerprint density at radius 2 is 1.56 bits per heavy atom. The van der Waals surface area contributed by atoms with Gasteiger partial charge in [0, 0.05) is 28.2 Å². The molecule has 0 N–H and O–H groups in total. The fraction of sp³-hybridized carbons (Fsp3) is 0.0455. The number of pyridine rings is 1. The summed E-state index contributed by atoms with van der Waals surface area (Å²) in [5, 5.41) is 0.725. The van der Waals surface area contributed by atoms with E-state index in [-0.39, 0.29) is 0 Å². The van der Waals surface area contributed by atoms with Gasteiger partial charge in [0.15, 0.2) is 0 Å². The molecule has 0 fully saturated rings. The Hall–Kier alpha value is -2.53. The van der Waals surface area contributed by atoms with Gasteiger partial charge in [0.05, 0.1) is 0 Å². The van der Waals surface area contributed by atoms with Gasteiger partial charge >= 0.3 is 0 Å². The molecule has 3 rings (SSSR count). The normalized spacial score (nSPS) is 10.5. The van der Waals surface area contributed by atoms with Gasteiger partial charge in [-0.25, -0.2) is 4.98 Å². The summed E-state index contributed by atoms with van der Waals surface area (Å²) >= 11 is 11.6. The molecule has 0 unspecified atom stereocenters. The van der Waals surface area contributed by atoms with Crippen molar-refractivity contribution in [3.8, 4) is 23.0 Å². The van der Waals surface area contributed by atoms with Crippen molar-refractivity contribution >= 4 is 29.3 Å². The van der Waals surface area contributed by atoms with Crippen molar-refractivity contribution in [2.45, 2.75) is 0 Å². The monoisotopic (exact) mass is 363 g/mol. The van der Waals surface area contributed by atoms with Crippen molar-refractivity contribution in [3.63, 3.8) is 0 Å². The quantitative estimate of drug-likeness (QED) is 0.407. The fourth-order valence-corrected chi connectivity index (χ4v) is 2.49. The van der Waals surface area contributed by atoms with Crippen molar-refractivity contribution in [2.24, 2.45) is 0 Å². The smallest absolute Gasteiger partial charge is 0.113 e. The number of rotatable bonds is 3. The van der Waals surface area contributed by atoms with Crippen LogP contribution < -0.4 is 0 Å². The lowest BCUT2D eigenvalue weighted by molar-refractivity contribution is 1.29. The molecule has 25 heavy (non-hydrogen) atoms. The predicted octanol–water partition coefficient (Wildman–Crippen LogP) is 6.05. The Bertz CT molecular complexity index is 913. The van der Waals surface area contributed by atoms with Crippen LogP contribution in [0.1, 0.15) is 16.8 Å². The van der Waals surface area contributed by atoms with Gasteiger partial charge < -0.3 is 0 Å². The van der Waals surface area contributed by atoms with Crippen molar-refractivity contribution in [1.29, 1.82) is 0 Å². The molecule has 0 atom stereocenters. The van der Waals surface area contributed by atoms with E-state index in [0.29, 0.717) is 5.88 Å². The van der Waals surface area contributed by atoms with Crippen LogP contribution in [0.3, 0.4) is 0 Å². The molecule has 0 aliphatic heterocycles. The average molecular weight is 364 g/mol. The van der Waals surface area contributed by atoms with Gasteiger partial charge in [-0.3, -0.25) is 0 Å². The van der Waals surface area contributed by atoms with Crippen LogP contribution in [0.25, 0.3) is 17.2 Å². The molecule has 1 heterocycles. The first-order valence-corrected chi connectivity index (χ1v) is 8.72. The molecule has 122 valence electrons. The van der Waals surface area contributed by atoms with Crippen molar-refractivity contribution in [3.05, 3.63) is 94.8 Å². The lowest BCUT2D eigenvalue weighted by Crippen LogP contribution is -1.84. The Labute approximate surface area is 158 Å². The number of halogens is 2. The summed E-state index contributed by atoms with van der Waals surface area (Å²) in [6, 6.07) is 19.7. The number of hydrogen-bond donors (Lipinski definition) is 0. The Kier molecular flexibility index (Phi) is 5.90. The first-order chi connectivity index (χ1) is 12.2. The molecule has 0 spiro atoms. The number of benzene rings is 2. The molecule has 3 heteroatoms.